The molecule has 3 aromatic heterocycles. The van der Waals surface area contributed by atoms with Gasteiger partial charge in [-0.15, -0.1) is 11.3 Å². The van der Waals surface area contributed by atoms with E-state index in [4.69, 9.17) is 0 Å². The molecular weight excluding hydrogens is 463 g/mol. The van der Waals surface area contributed by atoms with Crippen molar-refractivity contribution < 1.29 is 13.2 Å². The highest BCUT2D eigenvalue weighted by Crippen LogP contribution is 2.34. The van der Waals surface area contributed by atoms with Crippen LogP contribution in [0.25, 0.3) is 10.2 Å². The Hall–Kier alpha value is -3.11. The molecule has 1 atom stereocenters. The van der Waals surface area contributed by atoms with Crippen molar-refractivity contribution in [1.29, 1.82) is 0 Å². The van der Waals surface area contributed by atoms with E-state index in [-0.39, 0.29) is 18.1 Å². The molecule has 0 bridgehead atoms. The van der Waals surface area contributed by atoms with Gasteiger partial charge in [-0.3, -0.25) is 19.3 Å². The molecule has 0 fully saturated rings. The number of fused-ring (bicyclic) bond motifs is 3. The third-order valence-corrected chi connectivity index (χ3v) is 7.21. The largest absolute Gasteiger partial charge is 0.416 e. The Kier molecular flexibility index (Phi) is 5.95. The van der Waals surface area contributed by atoms with Crippen molar-refractivity contribution in [2.45, 2.75) is 51.5 Å². The smallest absolute Gasteiger partial charge is 0.308 e. The van der Waals surface area contributed by atoms with Gasteiger partial charge in [0.2, 0.25) is 0 Å². The molecule has 6 nitrogen and oxygen atoms in total. The lowest BCUT2D eigenvalue weighted by Gasteiger charge is -2.23. The van der Waals surface area contributed by atoms with Crippen molar-refractivity contribution in [1.82, 2.24) is 24.8 Å². The number of hydrogen-bond acceptors (Lipinski definition) is 6. The number of rotatable bonds is 5. The number of halogens is 3. The molecule has 4 aromatic rings. The average Bonchev–Trinajstić information content (AvgIpc) is 3.19. The Morgan fingerprint density at radius 3 is 2.82 bits per heavy atom. The van der Waals surface area contributed by atoms with E-state index in [0.717, 1.165) is 53.2 Å². The number of alkyl halides is 3. The van der Waals surface area contributed by atoms with Gasteiger partial charge in [0, 0.05) is 29.9 Å². The first-order valence-electron chi connectivity index (χ1n) is 10.9. The minimum atomic E-state index is -4.42. The van der Waals surface area contributed by atoms with Crippen LogP contribution < -0.4 is 10.9 Å². The summed E-state index contributed by atoms with van der Waals surface area (Å²) in [6.45, 7) is 2.56. The van der Waals surface area contributed by atoms with Crippen LogP contribution in [0.3, 0.4) is 0 Å². The highest BCUT2D eigenvalue weighted by atomic mass is 32.1. The van der Waals surface area contributed by atoms with E-state index in [1.165, 1.54) is 28.3 Å². The zero-order valence-corrected chi connectivity index (χ0v) is 19.2. The number of aryl methyl sites for hydroxylation is 2. The van der Waals surface area contributed by atoms with Crippen molar-refractivity contribution in [3.8, 4) is 0 Å². The molecule has 0 radical (unpaired) electrons. The van der Waals surface area contributed by atoms with E-state index in [2.05, 4.69) is 20.3 Å². The summed E-state index contributed by atoms with van der Waals surface area (Å²) < 4.78 is 40.5. The van der Waals surface area contributed by atoms with Gasteiger partial charge in [0.25, 0.3) is 5.56 Å². The summed E-state index contributed by atoms with van der Waals surface area (Å²) in [5.74, 6) is 0. The minimum absolute atomic E-state index is 0.0398. The van der Waals surface area contributed by atoms with Crippen LogP contribution in [0.15, 0.2) is 47.8 Å². The summed E-state index contributed by atoms with van der Waals surface area (Å²) >= 11 is 1.52. The standard InChI is InChI=1S/C24H22F3N5OS/c1-14-9-29-18(10-28-14)11-30-17-5-6-19-20(8-17)34-22-21(19)23(33)32(13-31-22)12-15-3-2-4-16(7-15)24(25,26)27/h2-4,7,9-10,13,17,30H,5-6,8,11-12H2,1H3/t17-/m0/s1. The van der Waals surface area contributed by atoms with Gasteiger partial charge >= 0.3 is 6.18 Å². The maximum absolute atomic E-state index is 13.2. The molecule has 0 unspecified atom stereocenters. The van der Waals surface area contributed by atoms with E-state index in [0.29, 0.717) is 22.3 Å². The van der Waals surface area contributed by atoms with Gasteiger partial charge in [-0.1, -0.05) is 12.1 Å². The Morgan fingerprint density at radius 1 is 1.21 bits per heavy atom. The molecule has 34 heavy (non-hydrogen) atoms. The van der Waals surface area contributed by atoms with Gasteiger partial charge in [0.15, 0.2) is 0 Å². The Bertz CT molecular complexity index is 1390. The normalized spacial score (nSPS) is 16.1. The van der Waals surface area contributed by atoms with E-state index >= 15 is 0 Å². The molecule has 176 valence electrons. The predicted octanol–water partition coefficient (Wildman–Crippen LogP) is 4.27. The highest BCUT2D eigenvalue weighted by molar-refractivity contribution is 7.18. The number of aromatic nitrogens is 4. The van der Waals surface area contributed by atoms with E-state index in [9.17, 15) is 18.0 Å². The first kappa shape index (κ1) is 22.7. The summed E-state index contributed by atoms with van der Waals surface area (Å²) in [6, 6.07) is 5.31. The molecule has 3 heterocycles. The van der Waals surface area contributed by atoms with E-state index in [1.54, 1.807) is 18.5 Å². The first-order valence-corrected chi connectivity index (χ1v) is 11.8. The molecule has 1 aliphatic rings. The zero-order valence-electron chi connectivity index (χ0n) is 18.4. The lowest BCUT2D eigenvalue weighted by molar-refractivity contribution is -0.137. The SMILES string of the molecule is Cc1cnc(CN[C@H]2CCc3c(sc4ncn(Cc5cccc(C(F)(F)F)c5)c(=O)c34)C2)cn1. The third-order valence-electron chi connectivity index (χ3n) is 6.05. The number of nitrogens with one attached hydrogen (secondary N) is 1. The van der Waals surface area contributed by atoms with Crippen LogP contribution in [-0.2, 0) is 32.1 Å². The average molecular weight is 486 g/mol. The van der Waals surface area contributed by atoms with Crippen molar-refractivity contribution >= 4 is 21.6 Å². The minimum Gasteiger partial charge on any atom is -0.308 e. The van der Waals surface area contributed by atoms with Gasteiger partial charge in [-0.2, -0.15) is 13.2 Å². The third kappa shape index (κ3) is 4.60. The number of thiophene rings is 1. The molecule has 0 spiro atoms. The molecule has 1 aliphatic carbocycles. The van der Waals surface area contributed by atoms with E-state index in [1.807, 2.05) is 6.92 Å². The molecule has 5 rings (SSSR count). The van der Waals surface area contributed by atoms with Gasteiger partial charge in [0.1, 0.15) is 4.83 Å². The van der Waals surface area contributed by atoms with Crippen molar-refractivity contribution in [3.63, 3.8) is 0 Å². The first-order chi connectivity index (χ1) is 16.3. The van der Waals surface area contributed by atoms with Crippen molar-refractivity contribution in [2.75, 3.05) is 0 Å². The molecule has 0 amide bonds. The van der Waals surface area contributed by atoms with Crippen molar-refractivity contribution in [2.24, 2.45) is 0 Å². The quantitative estimate of drug-likeness (QED) is 0.457. The molecule has 0 saturated heterocycles. The molecule has 1 aromatic carbocycles. The van der Waals surface area contributed by atoms with Crippen LogP contribution in [0.1, 0.15) is 39.4 Å². The molecule has 0 aliphatic heterocycles. The van der Waals surface area contributed by atoms with Gasteiger partial charge in [-0.25, -0.2) is 4.98 Å². The van der Waals surface area contributed by atoms with Crippen LogP contribution in [0.4, 0.5) is 13.2 Å². The van der Waals surface area contributed by atoms with Gasteiger partial charge in [0.05, 0.1) is 35.2 Å². The Morgan fingerprint density at radius 2 is 2.06 bits per heavy atom. The second-order valence-corrected chi connectivity index (χ2v) is 9.61. The second-order valence-electron chi connectivity index (χ2n) is 8.53. The maximum atomic E-state index is 13.2. The fourth-order valence-electron chi connectivity index (χ4n) is 4.29. The number of benzene rings is 1. The zero-order chi connectivity index (χ0) is 23.9. The van der Waals surface area contributed by atoms with Crippen LogP contribution >= 0.6 is 11.3 Å². The summed E-state index contributed by atoms with van der Waals surface area (Å²) in [5.41, 5.74) is 2.25. The van der Waals surface area contributed by atoms with Crippen molar-refractivity contribution in [3.05, 3.63) is 86.3 Å². The van der Waals surface area contributed by atoms with E-state index < -0.39 is 11.7 Å². The van der Waals surface area contributed by atoms with Crippen LogP contribution in [0.5, 0.6) is 0 Å². The summed E-state index contributed by atoms with van der Waals surface area (Å²) in [4.78, 5) is 28.2. The predicted molar refractivity (Wildman–Crippen MR) is 124 cm³/mol. The second kappa shape index (κ2) is 8.92. The summed E-state index contributed by atoms with van der Waals surface area (Å²) in [5, 5.41) is 4.12. The lowest BCUT2D eigenvalue weighted by atomic mass is 9.93. The molecule has 10 heteroatoms. The molecule has 0 saturated carbocycles. The van der Waals surface area contributed by atoms with Crippen LogP contribution in [0.2, 0.25) is 0 Å². The maximum Gasteiger partial charge on any atom is 0.416 e. The summed E-state index contributed by atoms with van der Waals surface area (Å²) in [6.07, 6.45) is 2.94. The fraction of sp³-hybridized carbons (Fsp3) is 0.333. The van der Waals surface area contributed by atoms with Gasteiger partial charge < -0.3 is 5.32 Å². The van der Waals surface area contributed by atoms with Crippen LogP contribution in [-0.4, -0.2) is 25.6 Å². The summed E-state index contributed by atoms with van der Waals surface area (Å²) in [7, 11) is 0. The molecule has 1 N–H and O–H groups in total. The Labute approximate surface area is 197 Å². The number of nitrogens with zero attached hydrogens (tertiary/aromatic N) is 4. The topological polar surface area (TPSA) is 72.7 Å². The van der Waals surface area contributed by atoms with Gasteiger partial charge in [-0.05, 0) is 49.4 Å². The highest BCUT2D eigenvalue weighted by Gasteiger charge is 2.30. The monoisotopic (exact) mass is 485 g/mol. The fourth-order valence-corrected chi connectivity index (χ4v) is 5.55. The lowest BCUT2D eigenvalue weighted by Crippen LogP contribution is -2.34. The molecular formula is C24H22F3N5OS. The Balaban J connectivity index is 1.36. The van der Waals surface area contributed by atoms with Crippen LogP contribution in [0, 0.1) is 6.92 Å². The number of hydrogen-bond donors (Lipinski definition) is 1.